The van der Waals surface area contributed by atoms with Crippen molar-refractivity contribution >= 4 is 17.5 Å². The number of amides is 1. The van der Waals surface area contributed by atoms with Crippen molar-refractivity contribution in [1.82, 2.24) is 10.6 Å². The molecular weight excluding hydrogens is 288 g/mol. The van der Waals surface area contributed by atoms with Crippen molar-refractivity contribution < 1.29 is 9.90 Å². The molecule has 0 aromatic heterocycles. The van der Waals surface area contributed by atoms with Gasteiger partial charge in [0.05, 0.1) is 5.02 Å². The smallest absolute Gasteiger partial charge is 0.251 e. The minimum atomic E-state index is -0.0896. The van der Waals surface area contributed by atoms with Gasteiger partial charge in [-0.15, -0.1) is 0 Å². The van der Waals surface area contributed by atoms with Crippen LogP contribution >= 0.6 is 11.6 Å². The normalized spacial score (nSPS) is 10.4. The van der Waals surface area contributed by atoms with Crippen molar-refractivity contribution in [2.45, 2.75) is 13.1 Å². The molecular formula is C16H17ClN2O2. The van der Waals surface area contributed by atoms with Crippen LogP contribution in [0.15, 0.2) is 42.5 Å². The Bertz CT molecular complexity index is 627. The lowest BCUT2D eigenvalue weighted by Gasteiger charge is -2.07. The summed E-state index contributed by atoms with van der Waals surface area (Å²) < 4.78 is 0. The zero-order valence-electron chi connectivity index (χ0n) is 11.7. The average Bonchev–Trinajstić information content (AvgIpc) is 2.51. The molecule has 0 heterocycles. The molecule has 0 saturated carbocycles. The number of phenolic OH excluding ortho intramolecular Hbond substituents is 1. The number of rotatable bonds is 5. The summed E-state index contributed by atoms with van der Waals surface area (Å²) in [5.74, 6) is -0.00143. The quantitative estimate of drug-likeness (QED) is 0.796. The molecule has 0 aliphatic rings. The predicted octanol–water partition coefficient (Wildman–Crippen LogP) is 2.70. The maximum atomic E-state index is 11.4. The van der Waals surface area contributed by atoms with Crippen molar-refractivity contribution in [1.29, 1.82) is 0 Å². The van der Waals surface area contributed by atoms with E-state index in [1.165, 1.54) is 0 Å². The largest absolute Gasteiger partial charge is 0.506 e. The Hall–Kier alpha value is -2.04. The minimum Gasteiger partial charge on any atom is -0.506 e. The van der Waals surface area contributed by atoms with E-state index >= 15 is 0 Å². The van der Waals surface area contributed by atoms with Crippen LogP contribution in [0.3, 0.4) is 0 Å². The number of halogens is 1. The predicted molar refractivity (Wildman–Crippen MR) is 83.5 cm³/mol. The van der Waals surface area contributed by atoms with E-state index in [1.807, 2.05) is 18.2 Å². The van der Waals surface area contributed by atoms with Crippen LogP contribution in [0.25, 0.3) is 0 Å². The number of phenols is 1. The van der Waals surface area contributed by atoms with E-state index in [0.29, 0.717) is 23.7 Å². The molecule has 4 nitrogen and oxygen atoms in total. The highest BCUT2D eigenvalue weighted by atomic mass is 35.5. The molecule has 0 aliphatic heterocycles. The summed E-state index contributed by atoms with van der Waals surface area (Å²) in [5, 5.41) is 15.6. The van der Waals surface area contributed by atoms with E-state index < -0.39 is 0 Å². The molecule has 2 aromatic rings. The van der Waals surface area contributed by atoms with Gasteiger partial charge in [-0.2, -0.15) is 0 Å². The van der Waals surface area contributed by atoms with E-state index in [9.17, 15) is 9.90 Å². The van der Waals surface area contributed by atoms with Gasteiger partial charge in [-0.3, -0.25) is 4.79 Å². The van der Waals surface area contributed by atoms with Gasteiger partial charge in [0.15, 0.2) is 0 Å². The van der Waals surface area contributed by atoms with E-state index in [0.717, 1.165) is 11.1 Å². The third kappa shape index (κ3) is 4.21. The molecule has 2 rings (SSSR count). The van der Waals surface area contributed by atoms with Crippen molar-refractivity contribution in [3.8, 4) is 5.75 Å². The Morgan fingerprint density at radius 1 is 1.10 bits per heavy atom. The van der Waals surface area contributed by atoms with Gasteiger partial charge in [0.2, 0.25) is 0 Å². The summed E-state index contributed by atoms with van der Waals surface area (Å²) in [7, 11) is 1.61. The molecule has 3 N–H and O–H groups in total. The molecule has 0 unspecified atom stereocenters. The number of carbonyl (C=O) groups is 1. The standard InChI is InChI=1S/C16H17ClN2O2/c1-18-16(21)13-5-2-11(3-6-13)9-19-10-12-4-7-15(20)14(17)8-12/h2-8,19-20H,9-10H2,1H3,(H,18,21). The van der Waals surface area contributed by atoms with Crippen LogP contribution in [0.5, 0.6) is 5.75 Å². The fourth-order valence-corrected chi connectivity index (χ4v) is 2.13. The first-order valence-electron chi connectivity index (χ1n) is 6.59. The van der Waals surface area contributed by atoms with E-state index in [1.54, 1.807) is 31.3 Å². The van der Waals surface area contributed by atoms with Crippen LogP contribution in [-0.4, -0.2) is 18.1 Å². The maximum absolute atomic E-state index is 11.4. The highest BCUT2D eigenvalue weighted by Crippen LogP contribution is 2.23. The third-order valence-corrected chi connectivity index (χ3v) is 3.42. The van der Waals surface area contributed by atoms with Gasteiger partial charge in [0, 0.05) is 25.7 Å². The summed E-state index contributed by atoms with van der Waals surface area (Å²) in [6.45, 7) is 1.34. The zero-order valence-corrected chi connectivity index (χ0v) is 12.4. The van der Waals surface area contributed by atoms with Gasteiger partial charge in [-0.1, -0.05) is 29.8 Å². The van der Waals surface area contributed by atoms with E-state index in [-0.39, 0.29) is 11.7 Å². The Morgan fingerprint density at radius 3 is 2.33 bits per heavy atom. The first-order chi connectivity index (χ1) is 10.1. The van der Waals surface area contributed by atoms with Crippen molar-refractivity contribution in [3.63, 3.8) is 0 Å². The summed E-state index contributed by atoms with van der Waals surface area (Å²) in [5.41, 5.74) is 2.74. The fraction of sp³-hybridized carbons (Fsp3) is 0.188. The number of hydrogen-bond acceptors (Lipinski definition) is 3. The first kappa shape index (κ1) is 15.4. The van der Waals surface area contributed by atoms with Gasteiger partial charge in [0.25, 0.3) is 5.91 Å². The average molecular weight is 305 g/mol. The van der Waals surface area contributed by atoms with Crippen molar-refractivity contribution in [2.75, 3.05) is 7.05 Å². The summed E-state index contributed by atoms with van der Waals surface area (Å²) in [4.78, 5) is 11.4. The van der Waals surface area contributed by atoms with Crippen LogP contribution in [0.2, 0.25) is 5.02 Å². The molecule has 5 heteroatoms. The molecule has 2 aromatic carbocycles. The highest BCUT2D eigenvalue weighted by molar-refractivity contribution is 6.32. The van der Waals surface area contributed by atoms with Crippen LogP contribution in [0.1, 0.15) is 21.5 Å². The van der Waals surface area contributed by atoms with Crippen LogP contribution in [0.4, 0.5) is 0 Å². The second-order valence-electron chi connectivity index (χ2n) is 4.67. The Kier molecular flexibility index (Phi) is 5.20. The molecule has 0 bridgehead atoms. The molecule has 0 fully saturated rings. The maximum Gasteiger partial charge on any atom is 0.251 e. The Morgan fingerprint density at radius 2 is 1.71 bits per heavy atom. The molecule has 0 atom stereocenters. The molecule has 0 radical (unpaired) electrons. The van der Waals surface area contributed by atoms with E-state index in [4.69, 9.17) is 11.6 Å². The Balaban J connectivity index is 1.88. The number of carbonyl (C=O) groups excluding carboxylic acids is 1. The van der Waals surface area contributed by atoms with E-state index in [2.05, 4.69) is 10.6 Å². The highest BCUT2D eigenvalue weighted by Gasteiger charge is 2.03. The lowest BCUT2D eigenvalue weighted by Crippen LogP contribution is -2.18. The monoisotopic (exact) mass is 304 g/mol. The number of aromatic hydroxyl groups is 1. The van der Waals surface area contributed by atoms with Gasteiger partial charge in [-0.05, 0) is 35.4 Å². The first-order valence-corrected chi connectivity index (χ1v) is 6.97. The number of hydrogen-bond donors (Lipinski definition) is 3. The second kappa shape index (κ2) is 7.11. The molecule has 21 heavy (non-hydrogen) atoms. The molecule has 1 amide bonds. The van der Waals surface area contributed by atoms with Gasteiger partial charge in [-0.25, -0.2) is 0 Å². The lowest BCUT2D eigenvalue weighted by atomic mass is 10.1. The van der Waals surface area contributed by atoms with Gasteiger partial charge in [0.1, 0.15) is 5.75 Å². The zero-order chi connectivity index (χ0) is 15.2. The number of benzene rings is 2. The number of nitrogens with one attached hydrogen (secondary N) is 2. The Labute approximate surface area is 128 Å². The third-order valence-electron chi connectivity index (χ3n) is 3.11. The summed E-state index contributed by atoms with van der Waals surface area (Å²) in [6.07, 6.45) is 0. The topological polar surface area (TPSA) is 61.4 Å². The van der Waals surface area contributed by atoms with Crippen molar-refractivity contribution in [2.24, 2.45) is 0 Å². The second-order valence-corrected chi connectivity index (χ2v) is 5.07. The van der Waals surface area contributed by atoms with Crippen molar-refractivity contribution in [3.05, 3.63) is 64.2 Å². The minimum absolute atomic E-state index is 0.0882. The van der Waals surface area contributed by atoms with Crippen LogP contribution in [0, 0.1) is 0 Å². The van der Waals surface area contributed by atoms with Gasteiger partial charge >= 0.3 is 0 Å². The molecule has 110 valence electrons. The van der Waals surface area contributed by atoms with Gasteiger partial charge < -0.3 is 15.7 Å². The van der Waals surface area contributed by atoms with Crippen LogP contribution < -0.4 is 10.6 Å². The molecule has 0 spiro atoms. The molecule has 0 aliphatic carbocycles. The lowest BCUT2D eigenvalue weighted by molar-refractivity contribution is 0.0963. The molecule has 0 saturated heterocycles. The summed E-state index contributed by atoms with van der Waals surface area (Å²) >= 11 is 5.85. The van der Waals surface area contributed by atoms with Crippen LogP contribution in [-0.2, 0) is 13.1 Å². The fourth-order valence-electron chi connectivity index (χ4n) is 1.93. The SMILES string of the molecule is CNC(=O)c1ccc(CNCc2ccc(O)c(Cl)c2)cc1. The summed E-state index contributed by atoms with van der Waals surface area (Å²) in [6, 6.07) is 12.6.